The van der Waals surface area contributed by atoms with Crippen molar-refractivity contribution < 1.29 is 4.79 Å². The predicted molar refractivity (Wildman–Crippen MR) is 101 cm³/mol. The van der Waals surface area contributed by atoms with Gasteiger partial charge in [0.05, 0.1) is 10.6 Å². The molecular weight excluding hydrogens is 316 g/mol. The van der Waals surface area contributed by atoms with Gasteiger partial charge >= 0.3 is 0 Å². The van der Waals surface area contributed by atoms with E-state index in [4.69, 9.17) is 0 Å². The van der Waals surface area contributed by atoms with Gasteiger partial charge in [0.2, 0.25) is 5.78 Å². The van der Waals surface area contributed by atoms with Gasteiger partial charge in [0.1, 0.15) is 0 Å². The fraction of sp³-hybridized carbons (Fsp3) is 0.250. The molecule has 124 valence electrons. The highest BCUT2D eigenvalue weighted by Crippen LogP contribution is 2.42. The molecule has 2 aromatic rings. The number of hydrogen-bond donors (Lipinski definition) is 1. The summed E-state index contributed by atoms with van der Waals surface area (Å²) in [6.07, 6.45) is 1.03. The number of thioether (sulfide) groups is 1. The summed E-state index contributed by atoms with van der Waals surface area (Å²) >= 11 is 1.57. The minimum Gasteiger partial charge on any atom is -0.383 e. The van der Waals surface area contributed by atoms with Crippen molar-refractivity contribution in [3.05, 3.63) is 70.6 Å². The summed E-state index contributed by atoms with van der Waals surface area (Å²) in [7, 11) is 4.15. The molecule has 0 aliphatic carbocycles. The summed E-state index contributed by atoms with van der Waals surface area (Å²) in [6.45, 7) is 1.86. The zero-order valence-corrected chi connectivity index (χ0v) is 14.9. The summed E-state index contributed by atoms with van der Waals surface area (Å²) in [5.74, 6) is 0.120. The Morgan fingerprint density at radius 1 is 1.04 bits per heavy atom. The number of benzene rings is 2. The van der Waals surface area contributed by atoms with E-state index >= 15 is 0 Å². The maximum absolute atomic E-state index is 12.8. The van der Waals surface area contributed by atoms with Crippen LogP contribution in [0.1, 0.15) is 22.3 Å². The first-order valence-corrected chi connectivity index (χ1v) is 8.98. The molecule has 0 fully saturated rings. The second-order valence-electron chi connectivity index (χ2n) is 6.08. The number of nitrogens with zero attached hydrogens (tertiary/aromatic N) is 1. The number of Topliss-reactive ketones (excluding diaryl/α,β-unsaturated/α-hetero) is 1. The van der Waals surface area contributed by atoms with Crippen LogP contribution in [-0.4, -0.2) is 37.9 Å². The Hall–Kier alpha value is -2.04. The van der Waals surface area contributed by atoms with Crippen LogP contribution in [0.4, 0.5) is 0 Å². The van der Waals surface area contributed by atoms with Gasteiger partial charge in [-0.2, -0.15) is 0 Å². The van der Waals surface area contributed by atoms with Crippen LogP contribution < -0.4 is 5.32 Å². The zero-order chi connectivity index (χ0) is 16.9. The highest BCUT2D eigenvalue weighted by Gasteiger charge is 2.28. The second kappa shape index (κ2) is 7.69. The lowest BCUT2D eigenvalue weighted by molar-refractivity contribution is 0.104. The van der Waals surface area contributed by atoms with E-state index in [1.807, 2.05) is 42.5 Å². The van der Waals surface area contributed by atoms with Crippen LogP contribution in [0, 0.1) is 0 Å². The number of hydrogen-bond acceptors (Lipinski definition) is 4. The van der Waals surface area contributed by atoms with Crippen LogP contribution in [0.25, 0.3) is 5.70 Å². The maximum atomic E-state index is 12.8. The van der Waals surface area contributed by atoms with Gasteiger partial charge in [-0.15, -0.1) is 0 Å². The first kappa shape index (κ1) is 16.8. The molecule has 24 heavy (non-hydrogen) atoms. The highest BCUT2D eigenvalue weighted by molar-refractivity contribution is 8.05. The minimum absolute atomic E-state index is 0.120. The average Bonchev–Trinajstić information content (AvgIpc) is 2.92. The lowest BCUT2D eigenvalue weighted by atomic mass is 10.1. The van der Waals surface area contributed by atoms with E-state index in [0.29, 0.717) is 0 Å². The molecule has 0 bridgehead atoms. The van der Waals surface area contributed by atoms with Gasteiger partial charge in [-0.25, -0.2) is 0 Å². The third kappa shape index (κ3) is 3.71. The van der Waals surface area contributed by atoms with Crippen molar-refractivity contribution in [3.63, 3.8) is 0 Å². The molecule has 0 amide bonds. The van der Waals surface area contributed by atoms with Crippen LogP contribution >= 0.6 is 11.8 Å². The predicted octanol–water partition coefficient (Wildman–Crippen LogP) is 3.89. The van der Waals surface area contributed by atoms with Crippen molar-refractivity contribution in [1.29, 1.82) is 0 Å². The van der Waals surface area contributed by atoms with E-state index in [1.165, 1.54) is 0 Å². The molecule has 3 rings (SSSR count). The smallest absolute Gasteiger partial charge is 0.202 e. The molecule has 0 unspecified atom stereocenters. The van der Waals surface area contributed by atoms with Crippen molar-refractivity contribution in [1.82, 2.24) is 10.2 Å². The first-order chi connectivity index (χ1) is 11.7. The first-order valence-electron chi connectivity index (χ1n) is 8.16. The highest BCUT2D eigenvalue weighted by atomic mass is 32.2. The molecule has 0 saturated carbocycles. The Labute approximate surface area is 147 Å². The number of ketones is 1. The summed E-state index contributed by atoms with van der Waals surface area (Å²) in [6, 6.07) is 17.9. The van der Waals surface area contributed by atoms with Gasteiger partial charge in [-0.1, -0.05) is 54.2 Å². The van der Waals surface area contributed by atoms with Crippen molar-refractivity contribution in [2.45, 2.75) is 11.3 Å². The molecule has 0 radical (unpaired) electrons. The molecular formula is C20H22N2OS. The van der Waals surface area contributed by atoms with Crippen molar-refractivity contribution in [2.24, 2.45) is 0 Å². The van der Waals surface area contributed by atoms with Gasteiger partial charge in [-0.05, 0) is 44.8 Å². The van der Waals surface area contributed by atoms with Gasteiger partial charge in [0.15, 0.2) is 0 Å². The Bertz CT molecular complexity index is 753. The Balaban J connectivity index is 1.89. The van der Waals surface area contributed by atoms with Crippen LogP contribution in [-0.2, 0) is 0 Å². The second-order valence-corrected chi connectivity index (χ2v) is 7.13. The average molecular weight is 338 g/mol. The molecule has 2 aromatic carbocycles. The SMILES string of the molecule is CN(C)CCCN/C(=C1/Sc2ccccc2C1=O)c1ccccc1. The molecule has 1 N–H and O–H groups in total. The third-order valence-corrected chi connectivity index (χ3v) is 5.09. The lowest BCUT2D eigenvalue weighted by Crippen LogP contribution is -2.21. The fourth-order valence-corrected chi connectivity index (χ4v) is 3.85. The van der Waals surface area contributed by atoms with Crippen LogP contribution in [0.2, 0.25) is 0 Å². The molecule has 3 nitrogen and oxygen atoms in total. The Morgan fingerprint density at radius 2 is 1.75 bits per heavy atom. The Morgan fingerprint density at radius 3 is 2.46 bits per heavy atom. The molecule has 0 spiro atoms. The van der Waals surface area contributed by atoms with Crippen LogP contribution in [0.15, 0.2) is 64.4 Å². The van der Waals surface area contributed by atoms with Crippen molar-refractivity contribution >= 4 is 23.2 Å². The number of fused-ring (bicyclic) bond motifs is 1. The molecule has 1 heterocycles. The minimum atomic E-state index is 0.120. The van der Waals surface area contributed by atoms with E-state index in [9.17, 15) is 4.79 Å². The molecule has 0 saturated heterocycles. The summed E-state index contributed by atoms with van der Waals surface area (Å²) in [5, 5.41) is 3.51. The summed E-state index contributed by atoms with van der Waals surface area (Å²) in [4.78, 5) is 16.8. The van der Waals surface area contributed by atoms with E-state index < -0.39 is 0 Å². The number of nitrogens with one attached hydrogen (secondary N) is 1. The molecule has 4 heteroatoms. The van der Waals surface area contributed by atoms with Crippen LogP contribution in [0.5, 0.6) is 0 Å². The van der Waals surface area contributed by atoms with Crippen molar-refractivity contribution in [2.75, 3.05) is 27.2 Å². The number of carbonyl (C=O) groups excluding carboxylic acids is 1. The van der Waals surface area contributed by atoms with E-state index in [0.717, 1.165) is 46.1 Å². The Kier molecular flexibility index (Phi) is 5.38. The zero-order valence-electron chi connectivity index (χ0n) is 14.1. The lowest BCUT2D eigenvalue weighted by Gasteiger charge is -2.15. The topological polar surface area (TPSA) is 32.3 Å². The van der Waals surface area contributed by atoms with E-state index in [2.05, 4.69) is 36.4 Å². The standard InChI is InChI=1S/C20H22N2OS/c1-22(2)14-8-13-21-18(15-9-4-3-5-10-15)20-19(23)16-11-6-7-12-17(16)24-20/h3-7,9-12,21H,8,13-14H2,1-2H3/b20-18+. The van der Waals surface area contributed by atoms with Crippen molar-refractivity contribution in [3.8, 4) is 0 Å². The summed E-state index contributed by atoms with van der Waals surface area (Å²) < 4.78 is 0. The summed E-state index contributed by atoms with van der Waals surface area (Å²) in [5.41, 5.74) is 2.81. The molecule has 1 aliphatic heterocycles. The molecule has 1 aliphatic rings. The number of rotatable bonds is 6. The van der Waals surface area contributed by atoms with E-state index in [-0.39, 0.29) is 5.78 Å². The van der Waals surface area contributed by atoms with Gasteiger partial charge in [-0.3, -0.25) is 4.79 Å². The molecule has 0 aromatic heterocycles. The largest absolute Gasteiger partial charge is 0.383 e. The van der Waals surface area contributed by atoms with Gasteiger partial charge in [0.25, 0.3) is 0 Å². The number of carbonyl (C=O) groups is 1. The van der Waals surface area contributed by atoms with E-state index in [1.54, 1.807) is 11.8 Å². The third-order valence-electron chi connectivity index (χ3n) is 3.92. The maximum Gasteiger partial charge on any atom is 0.202 e. The molecule has 0 atom stereocenters. The monoisotopic (exact) mass is 338 g/mol. The fourth-order valence-electron chi connectivity index (χ4n) is 2.71. The number of allylic oxidation sites excluding steroid dienone is 1. The van der Waals surface area contributed by atoms with Crippen LogP contribution in [0.3, 0.4) is 0 Å². The normalized spacial score (nSPS) is 15.5. The van der Waals surface area contributed by atoms with Gasteiger partial charge in [0, 0.05) is 17.0 Å². The quantitative estimate of drug-likeness (QED) is 0.640. The van der Waals surface area contributed by atoms with Gasteiger partial charge < -0.3 is 10.2 Å².